The number of hydrogen-bond donors (Lipinski definition) is 1. The molecule has 21 heavy (non-hydrogen) atoms. The summed E-state index contributed by atoms with van der Waals surface area (Å²) >= 11 is 9.17. The van der Waals surface area contributed by atoms with Gasteiger partial charge >= 0.3 is 0 Å². The Balaban J connectivity index is 1.78. The number of hydrazone groups is 1. The van der Waals surface area contributed by atoms with Gasteiger partial charge < -0.3 is 4.74 Å². The summed E-state index contributed by atoms with van der Waals surface area (Å²) in [6.07, 6.45) is 1.52. The first-order valence-corrected chi connectivity index (χ1v) is 7.26. The second-order valence-corrected chi connectivity index (χ2v) is 5.44. The molecule has 0 bridgehead atoms. The van der Waals surface area contributed by atoms with Crippen LogP contribution in [0.25, 0.3) is 0 Å². The van der Waals surface area contributed by atoms with Crippen molar-refractivity contribution < 1.29 is 9.53 Å². The maximum Gasteiger partial charge on any atom is 0.277 e. The fraction of sp³-hybridized carbons (Fsp3) is 0.0667. The monoisotopic (exact) mass is 366 g/mol. The lowest BCUT2D eigenvalue weighted by Crippen LogP contribution is -2.24. The maximum atomic E-state index is 11.6. The van der Waals surface area contributed by atoms with E-state index in [1.807, 2.05) is 24.3 Å². The van der Waals surface area contributed by atoms with Gasteiger partial charge in [0.1, 0.15) is 5.75 Å². The van der Waals surface area contributed by atoms with Crippen LogP contribution in [0.3, 0.4) is 0 Å². The lowest BCUT2D eigenvalue weighted by molar-refractivity contribution is -0.123. The summed E-state index contributed by atoms with van der Waals surface area (Å²) in [5, 5.41) is 4.45. The first-order valence-electron chi connectivity index (χ1n) is 6.09. The Bertz CT molecular complexity index is 644. The van der Waals surface area contributed by atoms with Crippen LogP contribution in [0.15, 0.2) is 58.1 Å². The van der Waals surface area contributed by atoms with Gasteiger partial charge in [0.25, 0.3) is 5.91 Å². The minimum atomic E-state index is -0.337. The number of nitrogens with zero attached hydrogens (tertiary/aromatic N) is 1. The molecule has 0 heterocycles. The van der Waals surface area contributed by atoms with E-state index in [1.165, 1.54) is 6.21 Å². The predicted molar refractivity (Wildman–Crippen MR) is 86.8 cm³/mol. The summed E-state index contributed by atoms with van der Waals surface area (Å²) in [6, 6.07) is 14.4. The minimum absolute atomic E-state index is 0.103. The molecule has 0 spiro atoms. The lowest BCUT2D eigenvalue weighted by atomic mass is 10.2. The fourth-order valence-electron chi connectivity index (χ4n) is 1.48. The highest BCUT2D eigenvalue weighted by Gasteiger charge is 2.01. The molecule has 1 amide bonds. The zero-order valence-corrected chi connectivity index (χ0v) is 13.3. The van der Waals surface area contributed by atoms with Gasteiger partial charge in [0, 0.05) is 9.50 Å². The van der Waals surface area contributed by atoms with E-state index in [0.717, 1.165) is 10.0 Å². The van der Waals surface area contributed by atoms with Crippen molar-refractivity contribution in [1.82, 2.24) is 5.43 Å². The van der Waals surface area contributed by atoms with Crippen molar-refractivity contribution in [3.8, 4) is 5.75 Å². The van der Waals surface area contributed by atoms with Crippen molar-refractivity contribution in [2.45, 2.75) is 0 Å². The molecule has 108 valence electrons. The molecule has 0 aliphatic carbocycles. The molecule has 4 nitrogen and oxygen atoms in total. The number of carbonyl (C=O) groups excluding carboxylic acids is 1. The van der Waals surface area contributed by atoms with Crippen LogP contribution < -0.4 is 10.2 Å². The molecule has 2 aromatic carbocycles. The number of carbonyl (C=O) groups is 1. The third kappa shape index (κ3) is 5.57. The lowest BCUT2D eigenvalue weighted by Gasteiger charge is -2.04. The van der Waals surface area contributed by atoms with E-state index < -0.39 is 0 Å². The van der Waals surface area contributed by atoms with Gasteiger partial charge in [-0.3, -0.25) is 4.79 Å². The van der Waals surface area contributed by atoms with E-state index in [1.54, 1.807) is 24.3 Å². The molecular formula is C15H12BrClN2O2. The van der Waals surface area contributed by atoms with Crippen LogP contribution in [0.4, 0.5) is 0 Å². The topological polar surface area (TPSA) is 50.7 Å². The van der Waals surface area contributed by atoms with Crippen LogP contribution in [0.2, 0.25) is 5.02 Å². The molecule has 0 aliphatic heterocycles. The number of hydrogen-bond acceptors (Lipinski definition) is 3. The number of ether oxygens (including phenoxy) is 1. The van der Waals surface area contributed by atoms with Gasteiger partial charge in [0.2, 0.25) is 0 Å². The average Bonchev–Trinajstić information content (AvgIpc) is 2.47. The highest BCUT2D eigenvalue weighted by molar-refractivity contribution is 9.10. The zero-order chi connectivity index (χ0) is 15.1. The summed E-state index contributed by atoms with van der Waals surface area (Å²) in [4.78, 5) is 11.6. The van der Waals surface area contributed by atoms with E-state index in [0.29, 0.717) is 10.8 Å². The molecule has 0 fully saturated rings. The van der Waals surface area contributed by atoms with E-state index in [4.69, 9.17) is 16.3 Å². The van der Waals surface area contributed by atoms with E-state index >= 15 is 0 Å². The number of rotatable bonds is 5. The smallest absolute Gasteiger partial charge is 0.277 e. The molecule has 2 aromatic rings. The van der Waals surface area contributed by atoms with Gasteiger partial charge in [-0.15, -0.1) is 0 Å². The van der Waals surface area contributed by atoms with Crippen molar-refractivity contribution in [1.29, 1.82) is 0 Å². The number of halogens is 2. The highest BCUT2D eigenvalue weighted by atomic mass is 79.9. The molecule has 0 aromatic heterocycles. The Kier molecular flexibility index (Phi) is 5.78. The molecule has 0 aliphatic rings. The maximum absolute atomic E-state index is 11.6. The van der Waals surface area contributed by atoms with Gasteiger partial charge in [-0.1, -0.05) is 39.7 Å². The molecule has 0 unspecified atom stereocenters. The molecule has 0 saturated heterocycles. The standard InChI is InChI=1S/C15H12BrClN2O2/c16-12-4-6-14(7-5-12)21-10-15(20)19-18-9-11-2-1-3-13(17)8-11/h1-9H,10H2,(H,19,20). The van der Waals surface area contributed by atoms with Crippen molar-refractivity contribution in [2.24, 2.45) is 5.10 Å². The highest BCUT2D eigenvalue weighted by Crippen LogP contribution is 2.15. The van der Waals surface area contributed by atoms with Gasteiger partial charge in [-0.2, -0.15) is 5.10 Å². The Morgan fingerprint density at radius 2 is 2.05 bits per heavy atom. The van der Waals surface area contributed by atoms with Gasteiger partial charge in [-0.25, -0.2) is 5.43 Å². The first kappa shape index (κ1) is 15.5. The van der Waals surface area contributed by atoms with E-state index in [-0.39, 0.29) is 12.5 Å². The number of amides is 1. The normalized spacial score (nSPS) is 10.6. The van der Waals surface area contributed by atoms with Crippen molar-refractivity contribution >= 4 is 39.7 Å². The SMILES string of the molecule is O=C(COc1ccc(Br)cc1)NN=Cc1cccc(Cl)c1. The van der Waals surface area contributed by atoms with Crippen molar-refractivity contribution in [3.63, 3.8) is 0 Å². The van der Waals surface area contributed by atoms with Crippen LogP contribution in [0.1, 0.15) is 5.56 Å². The summed E-state index contributed by atoms with van der Waals surface area (Å²) in [5.41, 5.74) is 3.19. The zero-order valence-electron chi connectivity index (χ0n) is 10.9. The fourth-order valence-corrected chi connectivity index (χ4v) is 1.94. The van der Waals surface area contributed by atoms with E-state index in [2.05, 4.69) is 26.5 Å². The summed E-state index contributed by atoms with van der Waals surface area (Å²) in [7, 11) is 0. The summed E-state index contributed by atoms with van der Waals surface area (Å²) in [6.45, 7) is -0.103. The summed E-state index contributed by atoms with van der Waals surface area (Å²) in [5.74, 6) is 0.281. The average molecular weight is 368 g/mol. The van der Waals surface area contributed by atoms with Crippen LogP contribution in [-0.2, 0) is 4.79 Å². The molecule has 2 rings (SSSR count). The van der Waals surface area contributed by atoms with Gasteiger partial charge in [0.05, 0.1) is 6.21 Å². The minimum Gasteiger partial charge on any atom is -0.484 e. The number of benzene rings is 2. The Labute approximate surface area is 135 Å². The van der Waals surface area contributed by atoms with Crippen LogP contribution in [0, 0.1) is 0 Å². The molecule has 0 saturated carbocycles. The third-order valence-electron chi connectivity index (χ3n) is 2.44. The van der Waals surface area contributed by atoms with Crippen molar-refractivity contribution in [3.05, 3.63) is 63.6 Å². The number of nitrogens with one attached hydrogen (secondary N) is 1. The summed E-state index contributed by atoms with van der Waals surface area (Å²) < 4.78 is 6.27. The second kappa shape index (κ2) is 7.81. The second-order valence-electron chi connectivity index (χ2n) is 4.09. The largest absolute Gasteiger partial charge is 0.484 e. The molecular weight excluding hydrogens is 356 g/mol. The Hall–Kier alpha value is -1.85. The van der Waals surface area contributed by atoms with Crippen LogP contribution in [-0.4, -0.2) is 18.7 Å². The van der Waals surface area contributed by atoms with Gasteiger partial charge in [-0.05, 0) is 42.0 Å². The van der Waals surface area contributed by atoms with Crippen LogP contribution >= 0.6 is 27.5 Å². The molecule has 6 heteroatoms. The molecule has 0 radical (unpaired) electrons. The van der Waals surface area contributed by atoms with E-state index in [9.17, 15) is 4.79 Å². The third-order valence-corrected chi connectivity index (χ3v) is 3.20. The molecule has 0 atom stereocenters. The first-order chi connectivity index (χ1) is 10.1. The Morgan fingerprint density at radius 1 is 1.29 bits per heavy atom. The quantitative estimate of drug-likeness (QED) is 0.648. The van der Waals surface area contributed by atoms with Crippen LogP contribution in [0.5, 0.6) is 5.75 Å². The van der Waals surface area contributed by atoms with Gasteiger partial charge in [0.15, 0.2) is 6.61 Å². The van der Waals surface area contributed by atoms with Crippen molar-refractivity contribution in [2.75, 3.05) is 6.61 Å². The predicted octanol–water partition coefficient (Wildman–Crippen LogP) is 3.63. The Morgan fingerprint density at radius 3 is 2.76 bits per heavy atom. The molecule has 1 N–H and O–H groups in total.